The third-order valence-electron chi connectivity index (χ3n) is 3.99. The zero-order valence-electron chi connectivity index (χ0n) is 14.8. The topological polar surface area (TPSA) is 56.0 Å². The number of aromatic nitrogens is 2. The number of hydrogen-bond donors (Lipinski definition) is 0. The second-order valence-electron chi connectivity index (χ2n) is 6.22. The molecule has 0 atom stereocenters. The maximum atomic E-state index is 12.6. The van der Waals surface area contributed by atoms with Crippen LogP contribution in [0.5, 0.6) is 0 Å². The summed E-state index contributed by atoms with van der Waals surface area (Å²) >= 11 is 1.27. The summed E-state index contributed by atoms with van der Waals surface area (Å²) in [6.45, 7) is 8.01. The van der Waals surface area contributed by atoms with E-state index in [1.54, 1.807) is 0 Å². The zero-order valence-corrected chi connectivity index (χ0v) is 15.6. The molecule has 0 aliphatic heterocycles. The number of hydrogen-bond acceptors (Lipinski definition) is 5. The van der Waals surface area contributed by atoms with Crippen molar-refractivity contribution in [3.63, 3.8) is 0 Å². The zero-order chi connectivity index (χ0) is 18.0. The Morgan fingerprint density at radius 2 is 1.60 bits per heavy atom. The van der Waals surface area contributed by atoms with Gasteiger partial charge in [0.15, 0.2) is 5.78 Å². The lowest BCUT2D eigenvalue weighted by molar-refractivity contribution is 0.102. The van der Waals surface area contributed by atoms with Crippen LogP contribution in [0.15, 0.2) is 46.0 Å². The third kappa shape index (κ3) is 3.99. The monoisotopic (exact) mass is 352 g/mol. The number of Topliss-reactive ketones (excluding diaryl/α,β-unsaturated/α-hetero) is 1. The van der Waals surface area contributed by atoms with Crippen molar-refractivity contribution in [1.29, 1.82) is 0 Å². The SMILES string of the molecule is Cc1ccc(-c2nnc(SCC(=O)c3c(C)cc(C)cc3C)o2)cc1. The van der Waals surface area contributed by atoms with Gasteiger partial charge in [0.2, 0.25) is 5.89 Å². The number of nitrogens with zero attached hydrogens (tertiary/aromatic N) is 2. The molecule has 0 radical (unpaired) electrons. The van der Waals surface area contributed by atoms with Crippen LogP contribution in [0.2, 0.25) is 0 Å². The van der Waals surface area contributed by atoms with Crippen LogP contribution in [0.3, 0.4) is 0 Å². The number of ketones is 1. The van der Waals surface area contributed by atoms with E-state index in [2.05, 4.69) is 10.2 Å². The number of thioether (sulfide) groups is 1. The summed E-state index contributed by atoms with van der Waals surface area (Å²) in [6, 6.07) is 12.0. The summed E-state index contributed by atoms with van der Waals surface area (Å²) in [5.41, 5.74) is 6.02. The minimum Gasteiger partial charge on any atom is -0.411 e. The predicted molar refractivity (Wildman–Crippen MR) is 100 cm³/mol. The number of benzene rings is 2. The highest BCUT2D eigenvalue weighted by atomic mass is 32.2. The minimum atomic E-state index is 0.0788. The maximum absolute atomic E-state index is 12.6. The highest BCUT2D eigenvalue weighted by Gasteiger charge is 2.16. The Morgan fingerprint density at radius 1 is 0.960 bits per heavy atom. The highest BCUT2D eigenvalue weighted by Crippen LogP contribution is 2.25. The van der Waals surface area contributed by atoms with Gasteiger partial charge in [-0.05, 0) is 51.0 Å². The fraction of sp³-hybridized carbons (Fsp3) is 0.250. The van der Waals surface area contributed by atoms with Gasteiger partial charge in [-0.3, -0.25) is 4.79 Å². The molecule has 0 aliphatic rings. The molecule has 0 unspecified atom stereocenters. The molecule has 1 aromatic heterocycles. The Balaban J connectivity index is 1.70. The van der Waals surface area contributed by atoms with Crippen LogP contribution in [0.4, 0.5) is 0 Å². The van der Waals surface area contributed by atoms with Crippen molar-refractivity contribution >= 4 is 17.5 Å². The molecule has 0 fully saturated rings. The molecule has 0 aliphatic carbocycles. The van der Waals surface area contributed by atoms with Gasteiger partial charge < -0.3 is 4.42 Å². The normalized spacial score (nSPS) is 10.9. The van der Waals surface area contributed by atoms with Crippen molar-refractivity contribution in [1.82, 2.24) is 10.2 Å². The molecule has 25 heavy (non-hydrogen) atoms. The molecule has 5 heteroatoms. The van der Waals surface area contributed by atoms with Crippen LogP contribution in [0.25, 0.3) is 11.5 Å². The van der Waals surface area contributed by atoms with Crippen molar-refractivity contribution in [2.24, 2.45) is 0 Å². The highest BCUT2D eigenvalue weighted by molar-refractivity contribution is 7.99. The largest absolute Gasteiger partial charge is 0.411 e. The van der Waals surface area contributed by atoms with E-state index in [-0.39, 0.29) is 11.5 Å². The molecule has 0 N–H and O–H groups in total. The smallest absolute Gasteiger partial charge is 0.277 e. The summed E-state index contributed by atoms with van der Waals surface area (Å²) in [5.74, 6) is 0.827. The summed E-state index contributed by atoms with van der Waals surface area (Å²) in [4.78, 5) is 12.6. The predicted octanol–water partition coefficient (Wildman–Crippen LogP) is 4.95. The van der Waals surface area contributed by atoms with Crippen molar-refractivity contribution in [3.8, 4) is 11.5 Å². The van der Waals surface area contributed by atoms with Gasteiger partial charge in [0.05, 0.1) is 5.75 Å². The molecule has 4 nitrogen and oxygen atoms in total. The molecule has 0 bridgehead atoms. The van der Waals surface area contributed by atoms with Crippen LogP contribution in [0.1, 0.15) is 32.6 Å². The molecule has 0 saturated heterocycles. The molecule has 3 rings (SSSR count). The van der Waals surface area contributed by atoms with E-state index in [1.807, 2.05) is 64.1 Å². The van der Waals surface area contributed by atoms with Crippen molar-refractivity contribution in [3.05, 3.63) is 64.2 Å². The fourth-order valence-electron chi connectivity index (χ4n) is 2.90. The molecule has 0 spiro atoms. The fourth-order valence-corrected chi connectivity index (χ4v) is 3.54. The van der Waals surface area contributed by atoms with E-state index in [9.17, 15) is 4.79 Å². The van der Waals surface area contributed by atoms with Crippen LogP contribution in [-0.2, 0) is 0 Å². The molecule has 3 aromatic rings. The van der Waals surface area contributed by atoms with E-state index < -0.39 is 0 Å². The second kappa shape index (κ2) is 7.23. The minimum absolute atomic E-state index is 0.0788. The van der Waals surface area contributed by atoms with Gasteiger partial charge in [-0.25, -0.2) is 0 Å². The Morgan fingerprint density at radius 3 is 2.24 bits per heavy atom. The maximum Gasteiger partial charge on any atom is 0.277 e. The summed E-state index contributed by atoms with van der Waals surface area (Å²) in [5, 5.41) is 8.51. The Kier molecular flexibility index (Phi) is 5.04. The van der Waals surface area contributed by atoms with Crippen molar-refractivity contribution in [2.45, 2.75) is 32.9 Å². The average molecular weight is 352 g/mol. The van der Waals surface area contributed by atoms with E-state index in [1.165, 1.54) is 22.9 Å². The average Bonchev–Trinajstić information content (AvgIpc) is 3.01. The summed E-state index contributed by atoms with van der Waals surface area (Å²) in [6.07, 6.45) is 0. The van der Waals surface area contributed by atoms with E-state index in [0.717, 1.165) is 22.3 Å². The van der Waals surface area contributed by atoms with Crippen molar-refractivity contribution < 1.29 is 9.21 Å². The van der Waals surface area contributed by atoms with Crippen LogP contribution in [-0.4, -0.2) is 21.7 Å². The summed E-state index contributed by atoms with van der Waals surface area (Å²) < 4.78 is 5.66. The second-order valence-corrected chi connectivity index (χ2v) is 7.15. The molecule has 2 aromatic carbocycles. The Labute approximate surface area is 151 Å². The van der Waals surface area contributed by atoms with Gasteiger partial charge in [-0.2, -0.15) is 0 Å². The van der Waals surface area contributed by atoms with E-state index in [4.69, 9.17) is 4.42 Å². The van der Waals surface area contributed by atoms with Gasteiger partial charge in [0.25, 0.3) is 5.22 Å². The first-order valence-electron chi connectivity index (χ1n) is 8.08. The Hall–Kier alpha value is -2.40. The van der Waals surface area contributed by atoms with Gasteiger partial charge >= 0.3 is 0 Å². The first-order chi connectivity index (χ1) is 11.9. The van der Waals surface area contributed by atoms with Crippen molar-refractivity contribution in [2.75, 3.05) is 5.75 Å². The van der Waals surface area contributed by atoms with Gasteiger partial charge in [-0.1, -0.05) is 47.2 Å². The van der Waals surface area contributed by atoms with E-state index in [0.29, 0.717) is 11.1 Å². The number of carbonyl (C=O) groups is 1. The standard InChI is InChI=1S/C20H20N2O2S/c1-12-5-7-16(8-6-12)19-21-22-20(24-19)25-11-17(23)18-14(3)9-13(2)10-15(18)4/h5-10H,11H2,1-4H3. The molecule has 1 heterocycles. The van der Waals surface area contributed by atoms with Gasteiger partial charge in [-0.15, -0.1) is 10.2 Å². The lowest BCUT2D eigenvalue weighted by atomic mass is 9.97. The third-order valence-corrected chi connectivity index (χ3v) is 4.81. The van der Waals surface area contributed by atoms with E-state index >= 15 is 0 Å². The number of rotatable bonds is 5. The van der Waals surface area contributed by atoms with Crippen LogP contribution in [0, 0.1) is 27.7 Å². The summed E-state index contributed by atoms with van der Waals surface area (Å²) in [7, 11) is 0. The number of carbonyl (C=O) groups excluding carboxylic acids is 1. The quantitative estimate of drug-likeness (QED) is 0.480. The van der Waals surface area contributed by atoms with Crippen LogP contribution < -0.4 is 0 Å². The first kappa shape index (κ1) is 17.4. The molecule has 0 amide bonds. The van der Waals surface area contributed by atoms with Gasteiger partial charge in [0, 0.05) is 11.1 Å². The molecule has 0 saturated carbocycles. The molecular formula is C20H20N2O2S. The lowest BCUT2D eigenvalue weighted by Gasteiger charge is -2.09. The van der Waals surface area contributed by atoms with Crippen LogP contribution >= 0.6 is 11.8 Å². The number of aryl methyl sites for hydroxylation is 4. The molecular weight excluding hydrogens is 332 g/mol. The molecule has 128 valence electrons. The lowest BCUT2D eigenvalue weighted by Crippen LogP contribution is -2.07. The van der Waals surface area contributed by atoms with Gasteiger partial charge in [0.1, 0.15) is 0 Å². The Bertz CT molecular complexity index is 891. The first-order valence-corrected chi connectivity index (χ1v) is 9.07.